The van der Waals surface area contributed by atoms with Crippen LogP contribution in [0.4, 0.5) is 20.3 Å². The molecule has 1 fully saturated rings. The van der Waals surface area contributed by atoms with Crippen LogP contribution in [0, 0.1) is 11.6 Å². The maximum Gasteiger partial charge on any atom is 0.246 e. The number of carbonyl (C=O) groups excluding carboxylic acids is 1. The van der Waals surface area contributed by atoms with E-state index in [1.165, 1.54) is 19.5 Å². The molecule has 2 heterocycles. The van der Waals surface area contributed by atoms with Crippen LogP contribution < -0.4 is 14.8 Å². The van der Waals surface area contributed by atoms with Crippen LogP contribution in [-0.4, -0.2) is 72.6 Å². The van der Waals surface area contributed by atoms with E-state index in [9.17, 15) is 13.6 Å². The molecule has 4 rings (SSSR count). The van der Waals surface area contributed by atoms with E-state index in [1.807, 2.05) is 30.0 Å². The summed E-state index contributed by atoms with van der Waals surface area (Å²) in [6.07, 6.45) is 5.97. The Bertz CT molecular complexity index is 1310. The lowest BCUT2D eigenvalue weighted by Crippen LogP contribution is -2.41. The molecule has 8 nitrogen and oxygen atoms in total. The third kappa shape index (κ3) is 6.26. The number of nitrogens with zero attached hydrogens (tertiary/aromatic N) is 4. The fourth-order valence-corrected chi connectivity index (χ4v) is 4.17. The average Bonchev–Trinajstić information content (AvgIpc) is 2.89. The molecule has 1 aliphatic rings. The summed E-state index contributed by atoms with van der Waals surface area (Å²) in [6, 6.07) is 5.75. The number of nitrogens with one attached hydrogen (secondary N) is 1. The summed E-state index contributed by atoms with van der Waals surface area (Å²) in [4.78, 5) is 24.7. The summed E-state index contributed by atoms with van der Waals surface area (Å²) in [5.74, 6) is -0.528. The molecule has 0 spiro atoms. The van der Waals surface area contributed by atoms with E-state index in [0.717, 1.165) is 6.07 Å². The van der Waals surface area contributed by atoms with Crippen molar-refractivity contribution in [3.8, 4) is 11.5 Å². The molecule has 1 N–H and O–H groups in total. The van der Waals surface area contributed by atoms with E-state index in [0.29, 0.717) is 60.7 Å². The van der Waals surface area contributed by atoms with Crippen molar-refractivity contribution in [2.45, 2.75) is 18.9 Å². The second-order valence-corrected chi connectivity index (χ2v) is 9.28. The first-order valence-electron chi connectivity index (χ1n) is 11.8. The number of aromatic nitrogens is 2. The van der Waals surface area contributed by atoms with Crippen LogP contribution in [0.15, 0.2) is 42.7 Å². The number of piperidine rings is 1. The van der Waals surface area contributed by atoms with Crippen molar-refractivity contribution in [2.75, 3.05) is 46.2 Å². The molecule has 37 heavy (non-hydrogen) atoms. The highest BCUT2D eigenvalue weighted by Crippen LogP contribution is 2.37. The van der Waals surface area contributed by atoms with Crippen molar-refractivity contribution in [1.82, 2.24) is 19.8 Å². The monoisotopic (exact) mass is 531 g/mol. The number of ether oxygens (including phenoxy) is 2. The molecular weight excluding hydrogens is 504 g/mol. The summed E-state index contributed by atoms with van der Waals surface area (Å²) < 4.78 is 39.9. The second-order valence-electron chi connectivity index (χ2n) is 8.90. The lowest BCUT2D eigenvalue weighted by molar-refractivity contribution is -0.127. The Morgan fingerprint density at radius 3 is 2.68 bits per heavy atom. The fourth-order valence-electron chi connectivity index (χ4n) is 4.01. The van der Waals surface area contributed by atoms with Gasteiger partial charge < -0.3 is 24.6 Å². The number of hydrogen-bond donors (Lipinski definition) is 1. The topological polar surface area (TPSA) is 79.8 Å². The molecule has 0 bridgehead atoms. The standard InChI is InChI=1S/C26H28ClF2N5O3/c1-33(2)10-4-5-23(35)34-11-8-16(9-12-34)37-22-13-17-20(14-21(22)36-3)30-15-31-26(17)32-19-7-6-18(28)24(27)25(19)29/h4-7,13-16H,8-12H2,1-3H3,(H,30,31,32)/b5-4-. The minimum atomic E-state index is -0.920. The van der Waals surface area contributed by atoms with Crippen LogP contribution in [0.2, 0.25) is 5.02 Å². The van der Waals surface area contributed by atoms with E-state index in [2.05, 4.69) is 15.3 Å². The fraction of sp³-hybridized carbons (Fsp3) is 0.346. The van der Waals surface area contributed by atoms with Gasteiger partial charge in [-0.15, -0.1) is 0 Å². The largest absolute Gasteiger partial charge is 0.493 e. The van der Waals surface area contributed by atoms with Gasteiger partial charge in [-0.1, -0.05) is 17.7 Å². The maximum absolute atomic E-state index is 14.5. The van der Waals surface area contributed by atoms with Gasteiger partial charge in [0.1, 0.15) is 29.1 Å². The molecule has 1 aliphatic heterocycles. The predicted octanol–water partition coefficient (Wildman–Crippen LogP) is 4.80. The Morgan fingerprint density at radius 2 is 1.97 bits per heavy atom. The molecule has 2 aromatic carbocycles. The first-order chi connectivity index (χ1) is 17.8. The van der Waals surface area contributed by atoms with Gasteiger partial charge in [0.15, 0.2) is 17.3 Å². The number of likely N-dealkylation sites (N-methyl/N-ethyl adjacent to an activating group) is 1. The van der Waals surface area contributed by atoms with Crippen LogP contribution in [0.5, 0.6) is 11.5 Å². The lowest BCUT2D eigenvalue weighted by Gasteiger charge is -2.32. The van der Waals surface area contributed by atoms with Gasteiger partial charge in [0, 0.05) is 50.0 Å². The molecule has 3 aromatic rings. The number of hydrogen-bond acceptors (Lipinski definition) is 7. The average molecular weight is 532 g/mol. The highest BCUT2D eigenvalue weighted by molar-refractivity contribution is 6.31. The van der Waals surface area contributed by atoms with Gasteiger partial charge in [-0.25, -0.2) is 18.7 Å². The van der Waals surface area contributed by atoms with E-state index in [-0.39, 0.29) is 17.7 Å². The van der Waals surface area contributed by atoms with Crippen LogP contribution in [0.25, 0.3) is 10.9 Å². The molecule has 0 atom stereocenters. The van der Waals surface area contributed by atoms with Crippen molar-refractivity contribution in [3.63, 3.8) is 0 Å². The highest BCUT2D eigenvalue weighted by Gasteiger charge is 2.24. The highest BCUT2D eigenvalue weighted by atomic mass is 35.5. The number of benzene rings is 2. The number of fused-ring (bicyclic) bond motifs is 1. The number of carbonyl (C=O) groups is 1. The summed E-state index contributed by atoms with van der Waals surface area (Å²) >= 11 is 5.72. The number of likely N-dealkylation sites (tertiary alicyclic amines) is 1. The normalized spacial score (nSPS) is 14.5. The summed E-state index contributed by atoms with van der Waals surface area (Å²) in [6.45, 7) is 1.85. The van der Waals surface area contributed by atoms with Crippen molar-refractivity contribution < 1.29 is 23.0 Å². The molecule has 0 radical (unpaired) electrons. The molecule has 11 heteroatoms. The van der Waals surface area contributed by atoms with Gasteiger partial charge in [0.25, 0.3) is 0 Å². The number of anilines is 2. The molecule has 1 aromatic heterocycles. The Hall–Kier alpha value is -3.50. The second kappa shape index (κ2) is 11.7. The zero-order chi connectivity index (χ0) is 26.5. The summed E-state index contributed by atoms with van der Waals surface area (Å²) in [7, 11) is 5.42. The molecule has 0 unspecified atom stereocenters. The van der Waals surface area contributed by atoms with Crippen molar-refractivity contribution in [2.24, 2.45) is 0 Å². The molecule has 1 amide bonds. The minimum absolute atomic E-state index is 0.00965. The van der Waals surface area contributed by atoms with Gasteiger partial charge in [0.05, 0.1) is 18.3 Å². The predicted molar refractivity (Wildman–Crippen MR) is 139 cm³/mol. The van der Waals surface area contributed by atoms with Crippen molar-refractivity contribution in [1.29, 1.82) is 0 Å². The third-order valence-electron chi connectivity index (χ3n) is 5.99. The van der Waals surface area contributed by atoms with Crippen LogP contribution >= 0.6 is 11.6 Å². The van der Waals surface area contributed by atoms with Gasteiger partial charge in [-0.3, -0.25) is 4.79 Å². The Kier molecular flexibility index (Phi) is 8.40. The number of amides is 1. The number of rotatable bonds is 8. The lowest BCUT2D eigenvalue weighted by atomic mass is 10.1. The minimum Gasteiger partial charge on any atom is -0.493 e. The SMILES string of the molecule is COc1cc2ncnc(Nc3ccc(F)c(Cl)c3F)c2cc1OC1CCN(C(=O)/C=C\CN(C)C)CC1. The number of methoxy groups -OCH3 is 1. The van der Waals surface area contributed by atoms with E-state index in [4.69, 9.17) is 21.1 Å². The zero-order valence-electron chi connectivity index (χ0n) is 20.8. The van der Waals surface area contributed by atoms with Gasteiger partial charge in [-0.2, -0.15) is 0 Å². The van der Waals surface area contributed by atoms with E-state index >= 15 is 0 Å². The Morgan fingerprint density at radius 1 is 1.22 bits per heavy atom. The zero-order valence-corrected chi connectivity index (χ0v) is 21.6. The van der Waals surface area contributed by atoms with Crippen LogP contribution in [0.3, 0.4) is 0 Å². The first kappa shape index (κ1) is 26.6. The van der Waals surface area contributed by atoms with Crippen molar-refractivity contribution >= 4 is 39.9 Å². The van der Waals surface area contributed by atoms with Gasteiger partial charge in [-0.05, 0) is 32.3 Å². The Balaban J connectivity index is 1.51. The molecular formula is C26H28ClF2N5O3. The van der Waals surface area contributed by atoms with Crippen molar-refractivity contribution in [3.05, 3.63) is 59.4 Å². The molecule has 0 aliphatic carbocycles. The smallest absolute Gasteiger partial charge is 0.246 e. The summed E-state index contributed by atoms with van der Waals surface area (Å²) in [5, 5.41) is 2.81. The van der Waals surface area contributed by atoms with Crippen LogP contribution in [-0.2, 0) is 4.79 Å². The maximum atomic E-state index is 14.5. The number of halogens is 3. The third-order valence-corrected chi connectivity index (χ3v) is 6.33. The quantitative estimate of drug-likeness (QED) is 0.330. The summed E-state index contributed by atoms with van der Waals surface area (Å²) in [5.41, 5.74) is 0.515. The molecule has 1 saturated heterocycles. The first-order valence-corrected chi connectivity index (χ1v) is 12.1. The van der Waals surface area contributed by atoms with E-state index < -0.39 is 16.7 Å². The molecule has 0 saturated carbocycles. The Labute approximate surface area is 218 Å². The molecule has 196 valence electrons. The van der Waals surface area contributed by atoms with E-state index in [1.54, 1.807) is 18.2 Å². The van der Waals surface area contributed by atoms with Gasteiger partial charge in [0.2, 0.25) is 5.91 Å². The van der Waals surface area contributed by atoms with Gasteiger partial charge >= 0.3 is 0 Å². The van der Waals surface area contributed by atoms with Crippen LogP contribution in [0.1, 0.15) is 12.8 Å².